The fourth-order valence-electron chi connectivity index (χ4n) is 4.10. The van der Waals surface area contributed by atoms with Crippen LogP contribution in [-0.4, -0.2) is 20.9 Å². The molecule has 0 fully saturated rings. The molecule has 0 radical (unpaired) electrons. The topological polar surface area (TPSA) is 63.0 Å². The van der Waals surface area contributed by atoms with Crippen LogP contribution in [0.1, 0.15) is 46.5 Å². The molecular weight excluding hydrogens is 440 g/mol. The van der Waals surface area contributed by atoms with Gasteiger partial charge >= 0.3 is 0 Å². The van der Waals surface area contributed by atoms with Gasteiger partial charge in [0.25, 0.3) is 5.56 Å². The number of rotatable bonds is 5. The molecule has 30 heavy (non-hydrogen) atoms. The van der Waals surface area contributed by atoms with Crippen LogP contribution in [0.4, 0.5) is 0 Å². The minimum Gasteiger partial charge on any atom is -0.349 e. The maximum Gasteiger partial charge on any atom is 0.298 e. The van der Waals surface area contributed by atoms with E-state index in [-0.39, 0.29) is 5.56 Å². The third-order valence-corrected chi connectivity index (χ3v) is 6.34. The minimum absolute atomic E-state index is 0.176. The summed E-state index contributed by atoms with van der Waals surface area (Å²) in [5, 5.41) is 5.41. The van der Waals surface area contributed by atoms with Crippen molar-refractivity contribution in [1.82, 2.24) is 14.6 Å². The number of hydrogen-bond acceptors (Lipinski definition) is 3. The molecule has 0 saturated heterocycles. The Morgan fingerprint density at radius 1 is 1.40 bits per heavy atom. The third kappa shape index (κ3) is 4.33. The van der Waals surface area contributed by atoms with E-state index in [1.165, 1.54) is 22.1 Å². The van der Waals surface area contributed by atoms with Gasteiger partial charge in [0.2, 0.25) is 0 Å². The van der Waals surface area contributed by atoms with Crippen molar-refractivity contribution in [1.29, 1.82) is 0 Å². The minimum atomic E-state index is -0.176. The van der Waals surface area contributed by atoms with Crippen LogP contribution in [0.2, 0.25) is 0 Å². The van der Waals surface area contributed by atoms with E-state index in [1.54, 1.807) is 0 Å². The summed E-state index contributed by atoms with van der Waals surface area (Å²) in [6.07, 6.45) is 12.4. The highest BCUT2D eigenvalue weighted by Crippen LogP contribution is 2.31. The van der Waals surface area contributed by atoms with E-state index >= 15 is 0 Å². The highest BCUT2D eigenvalue weighted by molar-refractivity contribution is 9.10. The van der Waals surface area contributed by atoms with Crippen molar-refractivity contribution in [3.05, 3.63) is 62.7 Å². The maximum atomic E-state index is 12.9. The molecule has 5 nitrogen and oxygen atoms in total. The first-order valence-corrected chi connectivity index (χ1v) is 11.3. The summed E-state index contributed by atoms with van der Waals surface area (Å²) < 4.78 is 2.30. The Kier molecular flexibility index (Phi) is 6.04. The number of H-pyrrole nitrogens is 1. The van der Waals surface area contributed by atoms with Crippen molar-refractivity contribution in [2.45, 2.75) is 46.5 Å². The molecule has 0 spiro atoms. The summed E-state index contributed by atoms with van der Waals surface area (Å²) in [5.74, 6) is 0.844. The molecule has 2 unspecified atom stereocenters. The van der Waals surface area contributed by atoms with Gasteiger partial charge in [0.1, 0.15) is 17.4 Å². The number of nitrogens with one attached hydrogen (secondary N) is 1. The third-order valence-electron chi connectivity index (χ3n) is 5.85. The lowest BCUT2D eigenvalue weighted by Crippen LogP contribution is -2.21. The van der Waals surface area contributed by atoms with E-state index in [1.807, 2.05) is 24.4 Å². The molecule has 0 saturated carbocycles. The molecule has 2 aromatic heterocycles. The lowest BCUT2D eigenvalue weighted by Gasteiger charge is -2.25. The standard InChI is InChI=1S/C24H27BrN4O/c1-15(2)5-4-6-17-7-8-18(16(3)11-17)13-27-29-14-26-22-20-12-19(25)9-10-21(20)28-23(22)24(29)30/h5,7,9-10,12-14,16,18,28H,4,6,8,11H2,1-3H3. The molecule has 2 atom stereocenters. The predicted molar refractivity (Wildman–Crippen MR) is 128 cm³/mol. The number of allylic oxidation sites excluding steroid dienone is 4. The molecule has 1 aromatic carbocycles. The van der Waals surface area contributed by atoms with Gasteiger partial charge in [0, 0.05) is 27.5 Å². The van der Waals surface area contributed by atoms with Gasteiger partial charge in [-0.05, 0) is 63.6 Å². The van der Waals surface area contributed by atoms with Gasteiger partial charge in [0.15, 0.2) is 0 Å². The monoisotopic (exact) mass is 466 g/mol. The van der Waals surface area contributed by atoms with Crippen LogP contribution in [0.25, 0.3) is 21.9 Å². The van der Waals surface area contributed by atoms with Gasteiger partial charge in [-0.25, -0.2) is 4.98 Å². The van der Waals surface area contributed by atoms with Crippen LogP contribution in [0.3, 0.4) is 0 Å². The summed E-state index contributed by atoms with van der Waals surface area (Å²) in [5.41, 5.74) is 4.80. The maximum absolute atomic E-state index is 12.9. The van der Waals surface area contributed by atoms with Crippen LogP contribution in [0.5, 0.6) is 0 Å². The Labute approximate surface area is 184 Å². The van der Waals surface area contributed by atoms with E-state index in [0.717, 1.165) is 41.1 Å². The summed E-state index contributed by atoms with van der Waals surface area (Å²) in [6.45, 7) is 6.56. The molecular formula is C24H27BrN4O. The van der Waals surface area contributed by atoms with Crippen molar-refractivity contribution in [3.8, 4) is 0 Å². The number of nitrogens with zero attached hydrogens (tertiary/aromatic N) is 3. The van der Waals surface area contributed by atoms with Gasteiger partial charge in [-0.1, -0.05) is 46.2 Å². The van der Waals surface area contributed by atoms with E-state index in [4.69, 9.17) is 0 Å². The molecule has 1 aliphatic carbocycles. The molecule has 1 N–H and O–H groups in total. The van der Waals surface area contributed by atoms with Crippen molar-refractivity contribution in [2.75, 3.05) is 0 Å². The molecule has 0 amide bonds. The van der Waals surface area contributed by atoms with Gasteiger partial charge < -0.3 is 4.98 Å². The van der Waals surface area contributed by atoms with Crippen molar-refractivity contribution < 1.29 is 0 Å². The Hall–Kier alpha value is -2.47. The predicted octanol–water partition coefficient (Wildman–Crippen LogP) is 6.19. The number of aromatic amines is 1. The second-order valence-electron chi connectivity index (χ2n) is 8.46. The van der Waals surface area contributed by atoms with E-state index in [2.05, 4.69) is 63.9 Å². The normalized spacial score (nSPS) is 19.5. The number of benzene rings is 1. The van der Waals surface area contributed by atoms with E-state index < -0.39 is 0 Å². The van der Waals surface area contributed by atoms with E-state index in [0.29, 0.717) is 22.9 Å². The lowest BCUT2D eigenvalue weighted by atomic mass is 9.80. The van der Waals surface area contributed by atoms with Crippen LogP contribution < -0.4 is 5.56 Å². The Bertz CT molecular complexity index is 1230. The molecule has 1 aliphatic rings. The molecule has 2 heterocycles. The summed E-state index contributed by atoms with van der Waals surface area (Å²) in [6, 6.07) is 5.86. The number of halogens is 1. The Balaban J connectivity index is 1.53. The molecule has 0 bridgehead atoms. The Morgan fingerprint density at radius 3 is 3.00 bits per heavy atom. The van der Waals surface area contributed by atoms with Gasteiger partial charge in [0.05, 0.1) is 0 Å². The number of hydrogen-bond donors (Lipinski definition) is 1. The van der Waals surface area contributed by atoms with E-state index in [9.17, 15) is 4.79 Å². The van der Waals surface area contributed by atoms with Crippen LogP contribution >= 0.6 is 15.9 Å². The van der Waals surface area contributed by atoms with Crippen molar-refractivity contribution >= 4 is 44.1 Å². The summed E-state index contributed by atoms with van der Waals surface area (Å²) in [4.78, 5) is 20.6. The molecule has 0 aliphatic heterocycles. The van der Waals surface area contributed by atoms with Crippen molar-refractivity contribution in [3.63, 3.8) is 0 Å². The zero-order valence-corrected chi connectivity index (χ0v) is 19.2. The van der Waals surface area contributed by atoms with Crippen LogP contribution in [0.15, 0.2) is 62.2 Å². The highest BCUT2D eigenvalue weighted by Gasteiger charge is 2.20. The summed E-state index contributed by atoms with van der Waals surface area (Å²) in [7, 11) is 0. The van der Waals surface area contributed by atoms with Gasteiger partial charge in [-0.15, -0.1) is 0 Å². The quantitative estimate of drug-likeness (QED) is 0.359. The SMILES string of the molecule is CC(C)=CCCC1=CCC(C=Nn2cnc3c([nH]c4ccc(Br)cc43)c2=O)C(C)C1. The largest absolute Gasteiger partial charge is 0.349 e. The number of aromatic nitrogens is 3. The zero-order valence-electron chi connectivity index (χ0n) is 17.7. The molecule has 156 valence electrons. The highest BCUT2D eigenvalue weighted by atomic mass is 79.9. The first-order valence-electron chi connectivity index (χ1n) is 10.5. The first-order chi connectivity index (χ1) is 14.4. The molecule has 4 rings (SSSR count). The van der Waals surface area contributed by atoms with Crippen LogP contribution in [0, 0.1) is 11.8 Å². The van der Waals surface area contributed by atoms with Crippen molar-refractivity contribution in [2.24, 2.45) is 16.9 Å². The second kappa shape index (κ2) is 8.72. The Morgan fingerprint density at radius 2 is 2.23 bits per heavy atom. The first kappa shape index (κ1) is 20.8. The fourth-order valence-corrected chi connectivity index (χ4v) is 4.46. The smallest absolute Gasteiger partial charge is 0.298 e. The van der Waals surface area contributed by atoms with Gasteiger partial charge in [-0.2, -0.15) is 9.78 Å². The van der Waals surface area contributed by atoms with Crippen LogP contribution in [-0.2, 0) is 0 Å². The lowest BCUT2D eigenvalue weighted by molar-refractivity contribution is 0.429. The average Bonchev–Trinajstić information content (AvgIpc) is 3.07. The number of fused-ring (bicyclic) bond motifs is 3. The average molecular weight is 467 g/mol. The van der Waals surface area contributed by atoms with Gasteiger partial charge in [-0.3, -0.25) is 4.79 Å². The summed E-state index contributed by atoms with van der Waals surface area (Å²) >= 11 is 3.48. The zero-order chi connectivity index (χ0) is 21.3. The fraction of sp³-hybridized carbons (Fsp3) is 0.375. The second-order valence-corrected chi connectivity index (χ2v) is 9.38. The molecule has 3 aromatic rings. The molecule has 6 heteroatoms.